The highest BCUT2D eigenvalue weighted by Gasteiger charge is 2.12. The molecular formula is C21H17N3O2. The fourth-order valence-electron chi connectivity index (χ4n) is 3.01. The number of ether oxygens (including phenoxy) is 2. The summed E-state index contributed by atoms with van der Waals surface area (Å²) in [7, 11) is 3.19. The van der Waals surface area contributed by atoms with Crippen LogP contribution in [0.3, 0.4) is 0 Å². The van der Waals surface area contributed by atoms with Crippen molar-refractivity contribution in [3.63, 3.8) is 0 Å². The van der Waals surface area contributed by atoms with Gasteiger partial charge >= 0.3 is 0 Å². The highest BCUT2D eigenvalue weighted by atomic mass is 16.5. The molecule has 0 aliphatic rings. The largest absolute Gasteiger partial charge is 0.481 e. The third-order valence-electron chi connectivity index (χ3n) is 4.28. The number of hydrogen-bond acceptors (Lipinski definition) is 5. The van der Waals surface area contributed by atoms with Crippen LogP contribution >= 0.6 is 0 Å². The van der Waals surface area contributed by atoms with E-state index in [1.165, 1.54) is 0 Å². The SMILES string of the molecule is COc1ccc(-c2ccc3nccc(-c4ccncc4)c3c2)c(OC)n1. The summed E-state index contributed by atoms with van der Waals surface area (Å²) in [6.07, 6.45) is 5.41. The summed E-state index contributed by atoms with van der Waals surface area (Å²) in [4.78, 5) is 13.0. The number of fused-ring (bicyclic) bond motifs is 1. The van der Waals surface area contributed by atoms with Crippen LogP contribution in [-0.2, 0) is 0 Å². The van der Waals surface area contributed by atoms with Crippen LogP contribution in [0.1, 0.15) is 0 Å². The van der Waals surface area contributed by atoms with Gasteiger partial charge in [0.05, 0.1) is 19.7 Å². The average Bonchev–Trinajstić information content (AvgIpc) is 2.73. The summed E-state index contributed by atoms with van der Waals surface area (Å²) in [5.74, 6) is 1.04. The zero-order valence-corrected chi connectivity index (χ0v) is 14.5. The molecule has 0 atom stereocenters. The molecule has 0 fully saturated rings. The number of aromatic nitrogens is 3. The molecule has 4 rings (SSSR count). The molecule has 1 aromatic carbocycles. The van der Waals surface area contributed by atoms with Gasteiger partial charge in [0, 0.05) is 35.6 Å². The molecular weight excluding hydrogens is 326 g/mol. The van der Waals surface area contributed by atoms with Crippen molar-refractivity contribution >= 4 is 10.9 Å². The second-order valence-electron chi connectivity index (χ2n) is 5.74. The highest BCUT2D eigenvalue weighted by Crippen LogP contribution is 2.34. The topological polar surface area (TPSA) is 57.1 Å². The lowest BCUT2D eigenvalue weighted by Crippen LogP contribution is -1.95. The van der Waals surface area contributed by atoms with Crippen LogP contribution in [-0.4, -0.2) is 29.2 Å². The number of hydrogen-bond donors (Lipinski definition) is 0. The van der Waals surface area contributed by atoms with Crippen LogP contribution in [0.2, 0.25) is 0 Å². The molecule has 0 aliphatic heterocycles. The lowest BCUT2D eigenvalue weighted by Gasteiger charge is -2.11. The molecule has 3 aromatic heterocycles. The van der Waals surface area contributed by atoms with E-state index in [4.69, 9.17) is 9.47 Å². The van der Waals surface area contributed by atoms with Gasteiger partial charge < -0.3 is 9.47 Å². The van der Waals surface area contributed by atoms with Crippen molar-refractivity contribution in [3.05, 3.63) is 67.1 Å². The van der Waals surface area contributed by atoms with E-state index in [9.17, 15) is 0 Å². The Kier molecular flexibility index (Phi) is 4.19. The second kappa shape index (κ2) is 6.80. The number of rotatable bonds is 4. The van der Waals surface area contributed by atoms with Crippen LogP contribution in [0, 0.1) is 0 Å². The van der Waals surface area contributed by atoms with Gasteiger partial charge in [0.2, 0.25) is 11.8 Å². The molecule has 26 heavy (non-hydrogen) atoms. The summed E-state index contributed by atoms with van der Waals surface area (Å²) in [5, 5.41) is 1.06. The first-order valence-corrected chi connectivity index (χ1v) is 8.18. The van der Waals surface area contributed by atoms with Crippen molar-refractivity contribution in [3.8, 4) is 34.0 Å². The molecule has 0 saturated heterocycles. The number of nitrogens with zero attached hydrogens (tertiary/aromatic N) is 3. The maximum Gasteiger partial charge on any atom is 0.224 e. The summed E-state index contributed by atoms with van der Waals surface area (Å²) >= 11 is 0. The first kappa shape index (κ1) is 16.0. The van der Waals surface area contributed by atoms with Crippen molar-refractivity contribution in [2.45, 2.75) is 0 Å². The lowest BCUT2D eigenvalue weighted by molar-refractivity contribution is 0.366. The second-order valence-corrected chi connectivity index (χ2v) is 5.74. The normalized spacial score (nSPS) is 10.7. The Morgan fingerprint density at radius 2 is 1.58 bits per heavy atom. The van der Waals surface area contributed by atoms with Crippen LogP contribution < -0.4 is 9.47 Å². The van der Waals surface area contributed by atoms with Crippen molar-refractivity contribution in [2.24, 2.45) is 0 Å². The van der Waals surface area contributed by atoms with Crippen LogP contribution in [0.15, 0.2) is 67.1 Å². The van der Waals surface area contributed by atoms with Crippen LogP contribution in [0.25, 0.3) is 33.2 Å². The Morgan fingerprint density at radius 1 is 0.731 bits per heavy atom. The van der Waals surface area contributed by atoms with Crippen molar-refractivity contribution in [2.75, 3.05) is 14.2 Å². The molecule has 0 amide bonds. The zero-order valence-electron chi connectivity index (χ0n) is 14.5. The van der Waals surface area contributed by atoms with E-state index in [1.54, 1.807) is 26.6 Å². The summed E-state index contributed by atoms with van der Waals surface area (Å²) in [5.41, 5.74) is 5.06. The quantitative estimate of drug-likeness (QED) is 0.550. The molecule has 0 unspecified atom stereocenters. The Bertz CT molecular complexity index is 1070. The average molecular weight is 343 g/mol. The van der Waals surface area contributed by atoms with Gasteiger partial charge in [0.25, 0.3) is 0 Å². The smallest absolute Gasteiger partial charge is 0.224 e. The molecule has 5 heteroatoms. The van der Waals surface area contributed by atoms with Gasteiger partial charge in [0.1, 0.15) is 0 Å². The zero-order chi connectivity index (χ0) is 17.9. The first-order chi connectivity index (χ1) is 12.8. The Balaban J connectivity index is 1.91. The minimum absolute atomic E-state index is 0.519. The molecule has 0 aliphatic carbocycles. The monoisotopic (exact) mass is 343 g/mol. The fourth-order valence-corrected chi connectivity index (χ4v) is 3.01. The maximum absolute atomic E-state index is 5.45. The van der Waals surface area contributed by atoms with E-state index in [2.05, 4.69) is 21.0 Å². The van der Waals surface area contributed by atoms with E-state index in [1.807, 2.05) is 48.7 Å². The Hall–Kier alpha value is -3.47. The Morgan fingerprint density at radius 3 is 2.35 bits per heavy atom. The van der Waals surface area contributed by atoms with E-state index in [-0.39, 0.29) is 0 Å². The van der Waals surface area contributed by atoms with Gasteiger partial charge in [-0.05, 0) is 53.1 Å². The summed E-state index contributed by atoms with van der Waals surface area (Å²) in [6, 6.07) is 15.9. The molecule has 0 bridgehead atoms. The molecule has 0 spiro atoms. The van der Waals surface area contributed by atoms with Crippen molar-refractivity contribution in [1.82, 2.24) is 15.0 Å². The van der Waals surface area contributed by atoms with Crippen LogP contribution in [0.4, 0.5) is 0 Å². The van der Waals surface area contributed by atoms with Crippen molar-refractivity contribution in [1.29, 1.82) is 0 Å². The first-order valence-electron chi connectivity index (χ1n) is 8.18. The third-order valence-corrected chi connectivity index (χ3v) is 4.28. The molecule has 0 saturated carbocycles. The maximum atomic E-state index is 5.45. The predicted molar refractivity (Wildman–Crippen MR) is 101 cm³/mol. The number of pyridine rings is 3. The standard InChI is InChI=1S/C21H17N3O2/c1-25-20-6-4-17(21(24-20)26-2)15-3-5-19-18(13-15)16(9-12-23-19)14-7-10-22-11-8-14/h3-13H,1-2H3. The molecule has 128 valence electrons. The van der Waals surface area contributed by atoms with Gasteiger partial charge in [-0.2, -0.15) is 4.98 Å². The summed E-state index contributed by atoms with van der Waals surface area (Å²) < 4.78 is 10.6. The molecule has 3 heterocycles. The van der Waals surface area contributed by atoms with Gasteiger partial charge in [-0.25, -0.2) is 0 Å². The van der Waals surface area contributed by atoms with E-state index >= 15 is 0 Å². The van der Waals surface area contributed by atoms with Gasteiger partial charge in [-0.15, -0.1) is 0 Å². The van der Waals surface area contributed by atoms with Gasteiger partial charge in [0.15, 0.2) is 0 Å². The molecule has 4 aromatic rings. The van der Waals surface area contributed by atoms with E-state index < -0.39 is 0 Å². The minimum Gasteiger partial charge on any atom is -0.481 e. The number of benzene rings is 1. The van der Waals surface area contributed by atoms with Gasteiger partial charge in [-0.1, -0.05) is 6.07 Å². The lowest BCUT2D eigenvalue weighted by atomic mass is 9.98. The van der Waals surface area contributed by atoms with Crippen LogP contribution in [0.5, 0.6) is 11.8 Å². The molecule has 0 N–H and O–H groups in total. The van der Waals surface area contributed by atoms with E-state index in [0.29, 0.717) is 11.8 Å². The minimum atomic E-state index is 0.519. The highest BCUT2D eigenvalue weighted by molar-refractivity contribution is 5.97. The van der Waals surface area contributed by atoms with E-state index in [0.717, 1.165) is 33.2 Å². The summed E-state index contributed by atoms with van der Waals surface area (Å²) in [6.45, 7) is 0. The third kappa shape index (κ3) is 2.84. The number of methoxy groups -OCH3 is 2. The predicted octanol–water partition coefficient (Wildman–Crippen LogP) is 4.38. The van der Waals surface area contributed by atoms with Crippen molar-refractivity contribution < 1.29 is 9.47 Å². The fraction of sp³-hybridized carbons (Fsp3) is 0.0952. The molecule has 5 nitrogen and oxygen atoms in total. The van der Waals surface area contributed by atoms with Gasteiger partial charge in [-0.3, -0.25) is 9.97 Å². The molecule has 0 radical (unpaired) electrons. The Labute approximate surface area is 151 Å².